The lowest BCUT2D eigenvalue weighted by Gasteiger charge is -2.15. The van der Waals surface area contributed by atoms with Crippen molar-refractivity contribution in [2.45, 2.75) is 32.2 Å². The van der Waals surface area contributed by atoms with E-state index in [1.54, 1.807) is 18.2 Å². The third-order valence-corrected chi connectivity index (χ3v) is 3.14. The van der Waals surface area contributed by atoms with Crippen LogP contribution in [0.5, 0.6) is 0 Å². The lowest BCUT2D eigenvalue weighted by Crippen LogP contribution is -2.42. The third-order valence-electron chi connectivity index (χ3n) is 2.55. The molecule has 0 heterocycles. The topological polar surface area (TPSA) is 66.4 Å². The van der Waals surface area contributed by atoms with E-state index in [1.165, 1.54) is 0 Å². The van der Waals surface area contributed by atoms with E-state index in [9.17, 15) is 9.59 Å². The van der Waals surface area contributed by atoms with Crippen molar-refractivity contribution in [3.05, 3.63) is 33.8 Å². The van der Waals surface area contributed by atoms with Gasteiger partial charge in [0, 0.05) is 22.9 Å². The van der Waals surface area contributed by atoms with Crippen LogP contribution >= 0.6 is 23.2 Å². The van der Waals surface area contributed by atoms with Gasteiger partial charge in [-0.3, -0.25) is 4.79 Å². The lowest BCUT2D eigenvalue weighted by atomic mass is 10.1. The summed E-state index contributed by atoms with van der Waals surface area (Å²) in [6.07, 6.45) is 1.10. The second kappa shape index (κ2) is 7.36. The Hall–Kier alpha value is -1.26. The Kier molecular flexibility index (Phi) is 6.12. The molecule has 0 fully saturated rings. The fourth-order valence-corrected chi connectivity index (χ4v) is 2.09. The SMILES string of the molecule is CCCC(=O)N[C@H](Cc1ccc(Cl)cc1Cl)C(=O)O. The summed E-state index contributed by atoms with van der Waals surface area (Å²) in [4.78, 5) is 22.6. The molecule has 0 aliphatic rings. The molecule has 1 amide bonds. The molecule has 0 bridgehead atoms. The zero-order valence-corrected chi connectivity index (χ0v) is 12.0. The van der Waals surface area contributed by atoms with Crippen LogP contribution in [0.15, 0.2) is 18.2 Å². The summed E-state index contributed by atoms with van der Waals surface area (Å²) in [6, 6.07) is 3.85. The molecular formula is C13H15Cl2NO3. The number of rotatable bonds is 6. The first-order chi connectivity index (χ1) is 8.93. The van der Waals surface area contributed by atoms with Crippen LogP contribution in [0.2, 0.25) is 10.0 Å². The zero-order valence-electron chi connectivity index (χ0n) is 10.5. The van der Waals surface area contributed by atoms with Crippen LogP contribution < -0.4 is 5.32 Å². The maximum atomic E-state index is 11.5. The molecule has 104 valence electrons. The molecule has 19 heavy (non-hydrogen) atoms. The minimum atomic E-state index is -1.09. The molecule has 2 N–H and O–H groups in total. The molecule has 1 aromatic rings. The highest BCUT2D eigenvalue weighted by atomic mass is 35.5. The van der Waals surface area contributed by atoms with Gasteiger partial charge in [-0.15, -0.1) is 0 Å². The molecule has 0 saturated carbocycles. The zero-order chi connectivity index (χ0) is 14.4. The number of amides is 1. The van der Waals surface area contributed by atoms with Crippen molar-refractivity contribution in [2.24, 2.45) is 0 Å². The number of aliphatic carboxylic acids is 1. The second-order valence-corrected chi connectivity index (χ2v) is 4.99. The summed E-state index contributed by atoms with van der Waals surface area (Å²) in [6.45, 7) is 1.85. The van der Waals surface area contributed by atoms with Gasteiger partial charge in [-0.1, -0.05) is 36.2 Å². The first-order valence-corrected chi connectivity index (χ1v) is 6.65. The number of halogens is 2. The fourth-order valence-electron chi connectivity index (χ4n) is 1.60. The van der Waals surface area contributed by atoms with E-state index in [4.69, 9.17) is 28.3 Å². The quantitative estimate of drug-likeness (QED) is 0.849. The van der Waals surface area contributed by atoms with E-state index in [-0.39, 0.29) is 12.3 Å². The third kappa shape index (κ3) is 5.09. The van der Waals surface area contributed by atoms with E-state index in [0.29, 0.717) is 28.5 Å². The standard InChI is InChI=1S/C13H15Cl2NO3/c1-2-3-12(17)16-11(13(18)19)6-8-4-5-9(14)7-10(8)15/h4-5,7,11H,2-3,6H2,1H3,(H,16,17)(H,18,19)/t11-/m1/s1. The maximum absolute atomic E-state index is 11.5. The van der Waals surface area contributed by atoms with Gasteiger partial charge >= 0.3 is 5.97 Å². The molecular weight excluding hydrogens is 289 g/mol. The van der Waals surface area contributed by atoms with E-state index in [0.717, 1.165) is 0 Å². The van der Waals surface area contributed by atoms with Crippen LogP contribution in [0.4, 0.5) is 0 Å². The van der Waals surface area contributed by atoms with Crippen molar-refractivity contribution in [1.29, 1.82) is 0 Å². The highest BCUT2D eigenvalue weighted by Gasteiger charge is 2.21. The highest BCUT2D eigenvalue weighted by Crippen LogP contribution is 2.22. The Bertz CT molecular complexity index is 477. The summed E-state index contributed by atoms with van der Waals surface area (Å²) < 4.78 is 0. The van der Waals surface area contributed by atoms with Gasteiger partial charge in [0.25, 0.3) is 0 Å². The molecule has 0 spiro atoms. The van der Waals surface area contributed by atoms with Gasteiger partial charge in [0.15, 0.2) is 0 Å². The maximum Gasteiger partial charge on any atom is 0.326 e. The molecule has 0 aromatic heterocycles. The molecule has 0 aliphatic heterocycles. The molecule has 0 radical (unpaired) electrons. The molecule has 0 aliphatic carbocycles. The minimum absolute atomic E-state index is 0.126. The summed E-state index contributed by atoms with van der Waals surface area (Å²) in [5.74, 6) is -1.37. The lowest BCUT2D eigenvalue weighted by molar-refractivity contribution is -0.141. The summed E-state index contributed by atoms with van der Waals surface area (Å²) in [5.41, 5.74) is 0.635. The predicted octanol–water partition coefficient (Wildman–Crippen LogP) is 2.91. The first-order valence-electron chi connectivity index (χ1n) is 5.90. The number of nitrogens with one attached hydrogen (secondary N) is 1. The number of carbonyl (C=O) groups is 2. The van der Waals surface area contributed by atoms with Crippen LogP contribution in [-0.4, -0.2) is 23.0 Å². The van der Waals surface area contributed by atoms with Crippen LogP contribution in [0.3, 0.4) is 0 Å². The predicted molar refractivity (Wildman–Crippen MR) is 74.6 cm³/mol. The van der Waals surface area contributed by atoms with E-state index >= 15 is 0 Å². The minimum Gasteiger partial charge on any atom is -0.480 e. The van der Waals surface area contributed by atoms with Gasteiger partial charge < -0.3 is 10.4 Å². The average molecular weight is 304 g/mol. The monoisotopic (exact) mass is 303 g/mol. The smallest absolute Gasteiger partial charge is 0.326 e. The number of carboxylic acids is 1. The molecule has 1 aromatic carbocycles. The average Bonchev–Trinajstić information content (AvgIpc) is 2.31. The first kappa shape index (κ1) is 15.8. The fraction of sp³-hybridized carbons (Fsp3) is 0.385. The van der Waals surface area contributed by atoms with Gasteiger partial charge in [0.2, 0.25) is 5.91 Å². The number of hydrogen-bond acceptors (Lipinski definition) is 2. The van der Waals surface area contributed by atoms with Crippen LogP contribution in [0, 0.1) is 0 Å². The van der Waals surface area contributed by atoms with Crippen LogP contribution in [0.25, 0.3) is 0 Å². The van der Waals surface area contributed by atoms with Crippen molar-refractivity contribution in [1.82, 2.24) is 5.32 Å². The van der Waals surface area contributed by atoms with Gasteiger partial charge in [-0.25, -0.2) is 4.79 Å². The Balaban J connectivity index is 2.78. The van der Waals surface area contributed by atoms with Crippen molar-refractivity contribution >= 4 is 35.1 Å². The van der Waals surface area contributed by atoms with Crippen molar-refractivity contribution in [3.63, 3.8) is 0 Å². The van der Waals surface area contributed by atoms with Crippen molar-refractivity contribution < 1.29 is 14.7 Å². The number of benzene rings is 1. The van der Waals surface area contributed by atoms with Crippen LogP contribution in [0.1, 0.15) is 25.3 Å². The van der Waals surface area contributed by atoms with Crippen molar-refractivity contribution in [3.8, 4) is 0 Å². The molecule has 1 atom stereocenters. The van der Waals surface area contributed by atoms with Gasteiger partial charge in [0.05, 0.1) is 0 Å². The normalized spacial score (nSPS) is 11.9. The van der Waals surface area contributed by atoms with E-state index in [1.807, 2.05) is 6.92 Å². The van der Waals surface area contributed by atoms with E-state index < -0.39 is 12.0 Å². The van der Waals surface area contributed by atoms with Crippen LogP contribution in [-0.2, 0) is 16.0 Å². The summed E-state index contributed by atoms with van der Waals surface area (Å²) in [5, 5.41) is 12.5. The molecule has 4 nitrogen and oxygen atoms in total. The molecule has 1 rings (SSSR count). The number of carboxylic acid groups (broad SMARTS) is 1. The molecule has 0 unspecified atom stereocenters. The Morgan fingerprint density at radius 1 is 1.37 bits per heavy atom. The number of carbonyl (C=O) groups excluding carboxylic acids is 1. The van der Waals surface area contributed by atoms with Gasteiger partial charge in [0.1, 0.15) is 6.04 Å². The largest absolute Gasteiger partial charge is 0.480 e. The van der Waals surface area contributed by atoms with Gasteiger partial charge in [-0.2, -0.15) is 0 Å². The van der Waals surface area contributed by atoms with Crippen molar-refractivity contribution in [2.75, 3.05) is 0 Å². The number of hydrogen-bond donors (Lipinski definition) is 2. The Morgan fingerprint density at radius 3 is 2.58 bits per heavy atom. The molecule has 6 heteroatoms. The summed E-state index contributed by atoms with van der Waals surface area (Å²) in [7, 11) is 0. The Labute approximate surface area is 121 Å². The highest BCUT2D eigenvalue weighted by molar-refractivity contribution is 6.35. The summed E-state index contributed by atoms with van der Waals surface area (Å²) >= 11 is 11.8. The Morgan fingerprint density at radius 2 is 2.05 bits per heavy atom. The second-order valence-electron chi connectivity index (χ2n) is 4.15. The molecule has 0 saturated heterocycles. The van der Waals surface area contributed by atoms with E-state index in [2.05, 4.69) is 5.32 Å². The van der Waals surface area contributed by atoms with Gasteiger partial charge in [-0.05, 0) is 24.1 Å².